The average Bonchev–Trinajstić information content (AvgIpc) is 3.14. The number of nitrogens with one attached hydrogen (secondary N) is 1. The number of rotatable bonds is 4. The van der Waals surface area contributed by atoms with Gasteiger partial charge in [0.1, 0.15) is 5.82 Å². The van der Waals surface area contributed by atoms with Crippen LogP contribution in [-0.2, 0) is 13.1 Å². The highest BCUT2D eigenvalue weighted by molar-refractivity contribution is 5.95. The van der Waals surface area contributed by atoms with Crippen LogP contribution in [0.4, 0.5) is 10.1 Å². The fourth-order valence-electron chi connectivity index (χ4n) is 3.14. The highest BCUT2D eigenvalue weighted by Crippen LogP contribution is 2.28. The number of carbonyl (C=O) groups is 1. The molecule has 0 fully saturated rings. The third-order valence-electron chi connectivity index (χ3n) is 4.61. The lowest BCUT2D eigenvalue weighted by Gasteiger charge is -2.17. The Morgan fingerprint density at radius 1 is 0.926 bits per heavy atom. The maximum atomic E-state index is 13.5. The summed E-state index contributed by atoms with van der Waals surface area (Å²) in [5.74, 6) is -0.717. The summed E-state index contributed by atoms with van der Waals surface area (Å²) >= 11 is 0. The van der Waals surface area contributed by atoms with Crippen LogP contribution in [0.5, 0.6) is 0 Å². The van der Waals surface area contributed by atoms with Crippen LogP contribution in [0, 0.1) is 5.82 Å². The van der Waals surface area contributed by atoms with Crippen LogP contribution in [0.15, 0.2) is 77.9 Å². The molecule has 0 saturated heterocycles. The lowest BCUT2D eigenvalue weighted by molar-refractivity contribution is 0.0955. The van der Waals surface area contributed by atoms with E-state index in [9.17, 15) is 9.18 Å². The fraction of sp³-hybridized carbons (Fsp3) is 0.0909. The van der Waals surface area contributed by atoms with Crippen molar-refractivity contribution >= 4 is 17.8 Å². The van der Waals surface area contributed by atoms with Crippen molar-refractivity contribution in [1.29, 1.82) is 0 Å². The van der Waals surface area contributed by atoms with E-state index in [1.807, 2.05) is 12.1 Å². The normalized spacial score (nSPS) is 13.0. The predicted octanol–water partition coefficient (Wildman–Crippen LogP) is 4.11. The van der Waals surface area contributed by atoms with Gasteiger partial charge in [-0.25, -0.2) is 9.82 Å². The first kappa shape index (κ1) is 17.0. The second-order valence-corrected chi connectivity index (χ2v) is 6.39. The molecule has 0 radical (unpaired) electrons. The van der Waals surface area contributed by atoms with Crippen LogP contribution in [0.3, 0.4) is 0 Å². The first-order valence-electron chi connectivity index (χ1n) is 8.70. The minimum atomic E-state index is -0.383. The maximum Gasteiger partial charge on any atom is 0.271 e. The van der Waals surface area contributed by atoms with Crippen LogP contribution >= 0.6 is 0 Å². The van der Waals surface area contributed by atoms with Gasteiger partial charge in [0.2, 0.25) is 0 Å². The van der Waals surface area contributed by atoms with E-state index in [1.165, 1.54) is 23.4 Å². The van der Waals surface area contributed by atoms with Gasteiger partial charge in [-0.05, 0) is 41.5 Å². The molecular weight excluding hydrogens is 341 g/mol. The molecule has 0 unspecified atom stereocenters. The molecule has 134 valence electrons. The number of nitrogens with zero attached hydrogens (tertiary/aromatic N) is 2. The van der Waals surface area contributed by atoms with Crippen molar-refractivity contribution in [3.8, 4) is 0 Å². The molecule has 3 aromatic rings. The van der Waals surface area contributed by atoms with Crippen LogP contribution in [0.25, 0.3) is 0 Å². The van der Waals surface area contributed by atoms with Crippen molar-refractivity contribution in [2.75, 3.05) is 4.90 Å². The molecule has 3 aromatic carbocycles. The lowest BCUT2D eigenvalue weighted by atomic mass is 10.1. The Morgan fingerprint density at radius 3 is 2.22 bits per heavy atom. The molecule has 4 nitrogen and oxygen atoms in total. The number of hydrogen-bond acceptors (Lipinski definition) is 3. The number of benzene rings is 3. The molecule has 0 bridgehead atoms. The van der Waals surface area contributed by atoms with E-state index in [0.29, 0.717) is 11.1 Å². The molecule has 0 spiro atoms. The number of carbonyl (C=O) groups excluding carboxylic acids is 1. The lowest BCUT2D eigenvalue weighted by Crippen LogP contribution is -2.18. The standard InChI is InChI=1S/C22H18FN3O/c23-21-8-4-3-5-17(21)13-24-25-22(27)16-9-11-20(12-10-16)26-14-18-6-1-2-7-19(18)15-26/h1-13H,14-15H2,(H,25,27)/b24-13-. The SMILES string of the molecule is O=C(N/N=C\c1ccccc1F)c1ccc(N2Cc3ccccc3C2)cc1. The maximum absolute atomic E-state index is 13.5. The zero-order valence-electron chi connectivity index (χ0n) is 14.6. The van der Waals surface area contributed by atoms with Gasteiger partial charge in [0, 0.05) is 29.9 Å². The summed E-state index contributed by atoms with van der Waals surface area (Å²) < 4.78 is 13.5. The number of halogens is 1. The number of hydrazone groups is 1. The van der Waals surface area contributed by atoms with Crippen LogP contribution in [0.2, 0.25) is 0 Å². The Hall–Kier alpha value is -3.47. The first-order chi connectivity index (χ1) is 13.2. The van der Waals surface area contributed by atoms with Gasteiger partial charge in [0.15, 0.2) is 0 Å². The third kappa shape index (κ3) is 3.72. The number of fused-ring (bicyclic) bond motifs is 1. The molecule has 0 atom stereocenters. The van der Waals surface area contributed by atoms with Crippen LogP contribution < -0.4 is 10.3 Å². The van der Waals surface area contributed by atoms with Gasteiger partial charge in [0.25, 0.3) is 5.91 Å². The predicted molar refractivity (Wildman–Crippen MR) is 104 cm³/mol. The van der Waals surface area contributed by atoms with Gasteiger partial charge in [-0.15, -0.1) is 0 Å². The molecule has 4 rings (SSSR count). The number of amides is 1. The third-order valence-corrected chi connectivity index (χ3v) is 4.61. The minimum Gasteiger partial charge on any atom is -0.363 e. The van der Waals surface area contributed by atoms with E-state index in [2.05, 4.69) is 39.7 Å². The molecule has 0 saturated carbocycles. The molecule has 1 aliphatic heterocycles. The number of hydrogen-bond donors (Lipinski definition) is 1. The van der Waals surface area contributed by atoms with E-state index < -0.39 is 0 Å². The van der Waals surface area contributed by atoms with Crippen molar-refractivity contribution in [1.82, 2.24) is 5.43 Å². The number of anilines is 1. The van der Waals surface area contributed by atoms with Crippen molar-refractivity contribution in [2.24, 2.45) is 5.10 Å². The molecular formula is C22H18FN3O. The Morgan fingerprint density at radius 2 is 1.56 bits per heavy atom. The summed E-state index contributed by atoms with van der Waals surface area (Å²) in [6.45, 7) is 1.74. The molecule has 27 heavy (non-hydrogen) atoms. The Bertz CT molecular complexity index is 973. The second kappa shape index (κ2) is 7.41. The summed E-state index contributed by atoms with van der Waals surface area (Å²) in [4.78, 5) is 14.5. The Kier molecular flexibility index (Phi) is 4.66. The first-order valence-corrected chi connectivity index (χ1v) is 8.70. The van der Waals surface area contributed by atoms with E-state index >= 15 is 0 Å². The summed E-state index contributed by atoms with van der Waals surface area (Å²) in [6.07, 6.45) is 1.29. The smallest absolute Gasteiger partial charge is 0.271 e. The second-order valence-electron chi connectivity index (χ2n) is 6.39. The summed E-state index contributed by atoms with van der Waals surface area (Å²) in [5.41, 5.74) is 6.99. The zero-order chi connectivity index (χ0) is 18.6. The Labute approximate surface area is 157 Å². The van der Waals surface area contributed by atoms with Gasteiger partial charge >= 0.3 is 0 Å². The summed E-state index contributed by atoms with van der Waals surface area (Å²) in [5, 5.41) is 3.83. The molecule has 1 amide bonds. The van der Waals surface area contributed by atoms with E-state index in [0.717, 1.165) is 18.8 Å². The quantitative estimate of drug-likeness (QED) is 0.563. The van der Waals surface area contributed by atoms with Crippen LogP contribution in [-0.4, -0.2) is 12.1 Å². The minimum absolute atomic E-state index is 0.321. The summed E-state index contributed by atoms with van der Waals surface area (Å²) in [7, 11) is 0. The van der Waals surface area contributed by atoms with Crippen molar-refractivity contribution in [2.45, 2.75) is 13.1 Å². The van der Waals surface area contributed by atoms with E-state index in [4.69, 9.17) is 0 Å². The van der Waals surface area contributed by atoms with Crippen molar-refractivity contribution in [3.63, 3.8) is 0 Å². The molecule has 1 aliphatic rings. The van der Waals surface area contributed by atoms with Gasteiger partial charge in [0.05, 0.1) is 6.21 Å². The molecule has 0 aromatic heterocycles. The topological polar surface area (TPSA) is 44.7 Å². The van der Waals surface area contributed by atoms with Crippen LogP contribution in [0.1, 0.15) is 27.0 Å². The Balaban J connectivity index is 1.39. The van der Waals surface area contributed by atoms with Gasteiger partial charge < -0.3 is 4.90 Å². The molecule has 1 heterocycles. The van der Waals surface area contributed by atoms with Gasteiger partial charge in [-0.1, -0.05) is 42.5 Å². The molecule has 1 N–H and O–H groups in total. The monoisotopic (exact) mass is 359 g/mol. The fourth-order valence-corrected chi connectivity index (χ4v) is 3.14. The highest BCUT2D eigenvalue weighted by atomic mass is 19.1. The highest BCUT2D eigenvalue weighted by Gasteiger charge is 2.18. The van der Waals surface area contributed by atoms with Gasteiger partial charge in [-0.2, -0.15) is 5.10 Å². The van der Waals surface area contributed by atoms with Crippen molar-refractivity contribution in [3.05, 3.63) is 101 Å². The zero-order valence-corrected chi connectivity index (χ0v) is 14.6. The molecule has 0 aliphatic carbocycles. The van der Waals surface area contributed by atoms with Gasteiger partial charge in [-0.3, -0.25) is 4.79 Å². The largest absolute Gasteiger partial charge is 0.363 e. The van der Waals surface area contributed by atoms with E-state index in [1.54, 1.807) is 30.3 Å². The summed E-state index contributed by atoms with van der Waals surface area (Å²) in [6, 6.07) is 22.0. The average molecular weight is 359 g/mol. The van der Waals surface area contributed by atoms with E-state index in [-0.39, 0.29) is 11.7 Å². The van der Waals surface area contributed by atoms with Crippen molar-refractivity contribution < 1.29 is 9.18 Å². The molecule has 5 heteroatoms.